The number of anilines is 2. The first-order valence-electron chi connectivity index (χ1n) is 9.22. The van der Waals surface area contributed by atoms with Crippen LogP contribution in [0.15, 0.2) is 66.7 Å². The van der Waals surface area contributed by atoms with Crippen molar-refractivity contribution in [3.8, 4) is 0 Å². The van der Waals surface area contributed by atoms with Crippen molar-refractivity contribution in [2.75, 3.05) is 10.2 Å². The highest BCUT2D eigenvalue weighted by Gasteiger charge is 2.31. The Morgan fingerprint density at radius 2 is 1.72 bits per heavy atom. The highest BCUT2D eigenvalue weighted by Crippen LogP contribution is 2.33. The van der Waals surface area contributed by atoms with Crippen molar-refractivity contribution in [2.24, 2.45) is 0 Å². The molecule has 0 bridgehead atoms. The normalized spacial score (nSPS) is 15.1. The van der Waals surface area contributed by atoms with E-state index in [9.17, 15) is 18.4 Å². The molecule has 0 radical (unpaired) electrons. The van der Waals surface area contributed by atoms with E-state index < -0.39 is 17.5 Å². The molecular weight excluding hydrogens is 374 g/mol. The van der Waals surface area contributed by atoms with Gasteiger partial charge in [0.1, 0.15) is 11.6 Å². The Morgan fingerprint density at radius 3 is 2.52 bits per heavy atom. The molecule has 2 amide bonds. The highest BCUT2D eigenvalue weighted by atomic mass is 19.1. The van der Waals surface area contributed by atoms with Crippen LogP contribution in [-0.2, 0) is 6.42 Å². The van der Waals surface area contributed by atoms with Crippen molar-refractivity contribution >= 4 is 23.2 Å². The second-order valence-corrected chi connectivity index (χ2v) is 7.02. The van der Waals surface area contributed by atoms with Gasteiger partial charge in [0.15, 0.2) is 0 Å². The lowest BCUT2D eigenvalue weighted by Crippen LogP contribution is -2.35. The first kappa shape index (κ1) is 18.8. The molecule has 1 N–H and O–H groups in total. The Morgan fingerprint density at radius 1 is 0.966 bits per heavy atom. The number of hydrogen-bond acceptors (Lipinski definition) is 2. The molecule has 29 heavy (non-hydrogen) atoms. The first-order chi connectivity index (χ1) is 13.9. The highest BCUT2D eigenvalue weighted by molar-refractivity contribution is 6.10. The summed E-state index contributed by atoms with van der Waals surface area (Å²) in [6, 6.07) is 16.9. The second kappa shape index (κ2) is 7.47. The molecule has 0 spiro atoms. The summed E-state index contributed by atoms with van der Waals surface area (Å²) in [5.74, 6) is -2.38. The predicted octanol–water partition coefficient (Wildman–Crippen LogP) is 4.81. The van der Waals surface area contributed by atoms with Gasteiger partial charge in [0, 0.05) is 28.9 Å². The summed E-state index contributed by atoms with van der Waals surface area (Å²) in [5.41, 5.74) is 2.41. The number of hydrogen-bond donors (Lipinski definition) is 1. The average Bonchev–Trinajstić information content (AvgIpc) is 3.05. The number of fused-ring (bicyclic) bond motifs is 1. The van der Waals surface area contributed by atoms with Crippen molar-refractivity contribution in [1.29, 1.82) is 0 Å². The number of halogens is 2. The Balaban J connectivity index is 1.59. The van der Waals surface area contributed by atoms with Gasteiger partial charge in [-0.3, -0.25) is 9.59 Å². The standard InChI is InChI=1S/C23H18F2N2O2/c1-14-11-15-5-2-3-8-21(15)27(14)23(29)17-7-4-6-16(12-17)22(28)26-20-10-9-18(24)13-19(20)25/h2-10,12-14H,11H2,1H3,(H,26,28). The number of carbonyl (C=O) groups excluding carboxylic acids is 2. The van der Waals surface area contributed by atoms with E-state index in [-0.39, 0.29) is 23.2 Å². The predicted molar refractivity (Wildman–Crippen MR) is 107 cm³/mol. The van der Waals surface area contributed by atoms with E-state index in [1.165, 1.54) is 12.1 Å². The third kappa shape index (κ3) is 3.61. The molecule has 1 aliphatic rings. The molecule has 4 nitrogen and oxygen atoms in total. The zero-order valence-electron chi connectivity index (χ0n) is 15.7. The third-order valence-corrected chi connectivity index (χ3v) is 4.98. The third-order valence-electron chi connectivity index (χ3n) is 4.98. The van der Waals surface area contributed by atoms with Crippen molar-refractivity contribution in [3.05, 3.63) is 95.1 Å². The molecule has 1 unspecified atom stereocenters. The Hall–Kier alpha value is -3.54. The SMILES string of the molecule is CC1Cc2ccccc2N1C(=O)c1cccc(C(=O)Nc2ccc(F)cc2F)c1. The molecule has 1 aliphatic heterocycles. The lowest BCUT2D eigenvalue weighted by atomic mass is 10.1. The van der Waals surface area contributed by atoms with Crippen LogP contribution in [0.25, 0.3) is 0 Å². The maximum Gasteiger partial charge on any atom is 0.258 e. The molecule has 1 atom stereocenters. The molecule has 6 heteroatoms. The lowest BCUT2D eigenvalue weighted by Gasteiger charge is -2.23. The zero-order chi connectivity index (χ0) is 20.5. The van der Waals surface area contributed by atoms with Crippen LogP contribution < -0.4 is 10.2 Å². The van der Waals surface area contributed by atoms with Gasteiger partial charge in [-0.2, -0.15) is 0 Å². The van der Waals surface area contributed by atoms with Crippen molar-refractivity contribution in [1.82, 2.24) is 0 Å². The molecule has 0 fully saturated rings. The van der Waals surface area contributed by atoms with Gasteiger partial charge in [-0.05, 0) is 55.3 Å². The van der Waals surface area contributed by atoms with E-state index in [4.69, 9.17) is 0 Å². The van der Waals surface area contributed by atoms with E-state index >= 15 is 0 Å². The number of para-hydroxylation sites is 1. The summed E-state index contributed by atoms with van der Waals surface area (Å²) >= 11 is 0. The molecular formula is C23H18F2N2O2. The topological polar surface area (TPSA) is 49.4 Å². The molecule has 4 rings (SSSR count). The van der Waals surface area contributed by atoms with E-state index in [1.54, 1.807) is 17.0 Å². The van der Waals surface area contributed by atoms with E-state index in [0.717, 1.165) is 29.8 Å². The number of amides is 2. The second-order valence-electron chi connectivity index (χ2n) is 7.02. The largest absolute Gasteiger partial charge is 0.319 e. The van der Waals surface area contributed by atoms with E-state index in [0.29, 0.717) is 11.6 Å². The fourth-order valence-electron chi connectivity index (χ4n) is 3.59. The summed E-state index contributed by atoms with van der Waals surface area (Å²) in [6.07, 6.45) is 0.770. The minimum Gasteiger partial charge on any atom is -0.319 e. The molecule has 146 valence electrons. The van der Waals surface area contributed by atoms with E-state index in [2.05, 4.69) is 5.32 Å². The molecule has 0 aliphatic carbocycles. The number of rotatable bonds is 3. The molecule has 1 heterocycles. The molecule has 3 aromatic carbocycles. The van der Waals surface area contributed by atoms with Gasteiger partial charge >= 0.3 is 0 Å². The quantitative estimate of drug-likeness (QED) is 0.696. The maximum atomic E-state index is 13.8. The molecule has 0 aromatic heterocycles. The average molecular weight is 392 g/mol. The van der Waals surface area contributed by atoms with Crippen LogP contribution in [0, 0.1) is 11.6 Å². The van der Waals surface area contributed by atoms with Gasteiger partial charge in [0.2, 0.25) is 0 Å². The van der Waals surface area contributed by atoms with Crippen molar-refractivity contribution in [2.45, 2.75) is 19.4 Å². The monoisotopic (exact) mass is 392 g/mol. The maximum absolute atomic E-state index is 13.8. The summed E-state index contributed by atoms with van der Waals surface area (Å²) in [4.78, 5) is 27.4. The molecule has 3 aromatic rings. The fraction of sp³-hybridized carbons (Fsp3) is 0.130. The number of nitrogens with zero attached hydrogens (tertiary/aromatic N) is 1. The Kier molecular flexibility index (Phi) is 4.84. The van der Waals surface area contributed by atoms with Crippen LogP contribution in [0.2, 0.25) is 0 Å². The molecule has 0 saturated heterocycles. The zero-order valence-corrected chi connectivity index (χ0v) is 15.7. The summed E-state index contributed by atoms with van der Waals surface area (Å²) in [7, 11) is 0. The van der Waals surface area contributed by atoms with Gasteiger partial charge in [-0.25, -0.2) is 8.78 Å². The van der Waals surface area contributed by atoms with Gasteiger partial charge in [-0.15, -0.1) is 0 Å². The van der Waals surface area contributed by atoms with Crippen LogP contribution in [0.3, 0.4) is 0 Å². The minimum absolute atomic E-state index is 0.00527. The Labute approximate surface area is 166 Å². The van der Waals surface area contributed by atoms with Gasteiger partial charge in [0.25, 0.3) is 11.8 Å². The Bertz CT molecular complexity index is 1110. The lowest BCUT2D eigenvalue weighted by molar-refractivity contribution is 0.0981. The number of benzene rings is 3. The van der Waals surface area contributed by atoms with Gasteiger partial charge in [0.05, 0.1) is 5.69 Å². The van der Waals surface area contributed by atoms with Crippen LogP contribution in [0.1, 0.15) is 33.2 Å². The van der Waals surface area contributed by atoms with Crippen LogP contribution in [0.5, 0.6) is 0 Å². The minimum atomic E-state index is -0.868. The summed E-state index contributed by atoms with van der Waals surface area (Å²) in [6.45, 7) is 1.98. The molecule has 0 saturated carbocycles. The number of carbonyl (C=O) groups is 2. The van der Waals surface area contributed by atoms with Crippen molar-refractivity contribution in [3.63, 3.8) is 0 Å². The summed E-state index contributed by atoms with van der Waals surface area (Å²) in [5, 5.41) is 2.41. The first-order valence-corrected chi connectivity index (χ1v) is 9.22. The fourth-order valence-corrected chi connectivity index (χ4v) is 3.59. The van der Waals surface area contributed by atoms with Crippen LogP contribution >= 0.6 is 0 Å². The number of nitrogens with one attached hydrogen (secondary N) is 1. The van der Waals surface area contributed by atoms with Gasteiger partial charge in [-0.1, -0.05) is 24.3 Å². The van der Waals surface area contributed by atoms with E-state index in [1.807, 2.05) is 31.2 Å². The van der Waals surface area contributed by atoms with Crippen molar-refractivity contribution < 1.29 is 18.4 Å². The smallest absolute Gasteiger partial charge is 0.258 e. The van der Waals surface area contributed by atoms with Crippen LogP contribution in [-0.4, -0.2) is 17.9 Å². The van der Waals surface area contributed by atoms with Crippen LogP contribution in [0.4, 0.5) is 20.2 Å². The van der Waals surface area contributed by atoms with Gasteiger partial charge < -0.3 is 10.2 Å². The summed E-state index contributed by atoms with van der Waals surface area (Å²) < 4.78 is 26.8.